The minimum atomic E-state index is -0.963. The fourth-order valence-corrected chi connectivity index (χ4v) is 2.56. The van der Waals surface area contributed by atoms with E-state index in [-0.39, 0.29) is 11.9 Å². The summed E-state index contributed by atoms with van der Waals surface area (Å²) in [5.41, 5.74) is 0. The van der Waals surface area contributed by atoms with Gasteiger partial charge >= 0.3 is 12.0 Å². The molecule has 0 spiro atoms. The first-order chi connectivity index (χ1) is 9.85. The van der Waals surface area contributed by atoms with E-state index >= 15 is 0 Å². The summed E-state index contributed by atoms with van der Waals surface area (Å²) in [4.78, 5) is 27.5. The molecular formula is C15H29N3O3. The third kappa shape index (κ3) is 5.53. The predicted octanol–water partition coefficient (Wildman–Crippen LogP) is 1.61. The van der Waals surface area contributed by atoms with Crippen LogP contribution in [0.1, 0.15) is 40.5 Å². The number of urea groups is 1. The van der Waals surface area contributed by atoms with Crippen LogP contribution >= 0.6 is 0 Å². The topological polar surface area (TPSA) is 72.9 Å². The van der Waals surface area contributed by atoms with Crippen molar-refractivity contribution in [2.24, 2.45) is 5.92 Å². The number of piperazine rings is 1. The molecule has 6 heteroatoms. The van der Waals surface area contributed by atoms with Gasteiger partial charge in [-0.25, -0.2) is 9.59 Å². The molecular weight excluding hydrogens is 270 g/mol. The number of aliphatic carboxylic acids is 1. The van der Waals surface area contributed by atoms with Crippen molar-refractivity contribution in [2.45, 2.75) is 52.6 Å². The highest BCUT2D eigenvalue weighted by Gasteiger charge is 2.27. The first kappa shape index (κ1) is 17.8. The second-order valence-corrected chi connectivity index (χ2v) is 6.25. The van der Waals surface area contributed by atoms with E-state index in [1.807, 2.05) is 13.8 Å². The second kappa shape index (κ2) is 8.22. The molecule has 6 nitrogen and oxygen atoms in total. The van der Waals surface area contributed by atoms with Crippen LogP contribution in [0, 0.1) is 5.92 Å². The molecule has 1 saturated heterocycles. The SMILES string of the molecule is CCC(C)N1CCN(C(=O)NC(CC(C)C)C(=O)O)CC1. The maximum Gasteiger partial charge on any atom is 0.326 e. The highest BCUT2D eigenvalue weighted by Crippen LogP contribution is 2.10. The fourth-order valence-electron chi connectivity index (χ4n) is 2.56. The third-order valence-corrected chi connectivity index (χ3v) is 4.12. The average Bonchev–Trinajstić information content (AvgIpc) is 2.45. The summed E-state index contributed by atoms with van der Waals surface area (Å²) in [7, 11) is 0. The Morgan fingerprint density at radius 1 is 1.14 bits per heavy atom. The Morgan fingerprint density at radius 2 is 1.71 bits per heavy atom. The Bertz CT molecular complexity index is 352. The Hall–Kier alpha value is -1.30. The number of carboxylic acids is 1. The van der Waals surface area contributed by atoms with Gasteiger partial charge in [-0.1, -0.05) is 20.8 Å². The van der Waals surface area contributed by atoms with Gasteiger partial charge in [-0.2, -0.15) is 0 Å². The molecule has 21 heavy (non-hydrogen) atoms. The number of carboxylic acid groups (broad SMARTS) is 1. The molecule has 1 aliphatic heterocycles. The zero-order valence-corrected chi connectivity index (χ0v) is 13.6. The zero-order valence-electron chi connectivity index (χ0n) is 13.6. The lowest BCUT2D eigenvalue weighted by molar-refractivity contribution is -0.139. The molecule has 2 atom stereocenters. The summed E-state index contributed by atoms with van der Waals surface area (Å²) < 4.78 is 0. The Kier molecular flexibility index (Phi) is 6.95. The van der Waals surface area contributed by atoms with Crippen LogP contribution in [0.5, 0.6) is 0 Å². The number of nitrogens with zero attached hydrogens (tertiary/aromatic N) is 2. The molecule has 0 aromatic rings. The van der Waals surface area contributed by atoms with E-state index in [4.69, 9.17) is 0 Å². The molecule has 0 aliphatic carbocycles. The summed E-state index contributed by atoms with van der Waals surface area (Å²) in [5, 5.41) is 11.8. The van der Waals surface area contributed by atoms with Crippen molar-refractivity contribution < 1.29 is 14.7 Å². The van der Waals surface area contributed by atoms with Crippen LogP contribution < -0.4 is 5.32 Å². The van der Waals surface area contributed by atoms with Gasteiger partial charge in [0.15, 0.2) is 0 Å². The smallest absolute Gasteiger partial charge is 0.326 e. The van der Waals surface area contributed by atoms with Crippen molar-refractivity contribution in [3.63, 3.8) is 0 Å². The molecule has 2 N–H and O–H groups in total. The predicted molar refractivity (Wildman–Crippen MR) is 82.3 cm³/mol. The van der Waals surface area contributed by atoms with Gasteiger partial charge in [-0.05, 0) is 25.7 Å². The highest BCUT2D eigenvalue weighted by atomic mass is 16.4. The van der Waals surface area contributed by atoms with Crippen LogP contribution in [0.3, 0.4) is 0 Å². The van der Waals surface area contributed by atoms with Crippen LogP contribution in [0.25, 0.3) is 0 Å². The summed E-state index contributed by atoms with van der Waals surface area (Å²) in [6, 6.07) is -0.528. The first-order valence-corrected chi connectivity index (χ1v) is 7.87. The van der Waals surface area contributed by atoms with E-state index in [9.17, 15) is 14.7 Å². The van der Waals surface area contributed by atoms with Crippen molar-refractivity contribution >= 4 is 12.0 Å². The Balaban J connectivity index is 2.47. The summed E-state index contributed by atoms with van der Waals surface area (Å²) >= 11 is 0. The van der Waals surface area contributed by atoms with Gasteiger partial charge in [-0.15, -0.1) is 0 Å². The van der Waals surface area contributed by atoms with E-state index in [1.165, 1.54) is 0 Å². The molecule has 1 heterocycles. The third-order valence-electron chi connectivity index (χ3n) is 4.12. The van der Waals surface area contributed by atoms with Gasteiger partial charge in [0.25, 0.3) is 0 Å². The summed E-state index contributed by atoms with van der Waals surface area (Å²) in [6.07, 6.45) is 1.55. The molecule has 0 aromatic carbocycles. The zero-order chi connectivity index (χ0) is 16.0. The Morgan fingerprint density at radius 3 is 2.14 bits per heavy atom. The van der Waals surface area contributed by atoms with Crippen LogP contribution in [-0.2, 0) is 4.79 Å². The number of rotatable bonds is 6. The standard InChI is InChI=1S/C15H29N3O3/c1-5-12(4)17-6-8-18(9-7-17)15(21)16-13(14(19)20)10-11(2)3/h11-13H,5-10H2,1-4H3,(H,16,21)(H,19,20). The van der Waals surface area contributed by atoms with E-state index in [2.05, 4.69) is 24.1 Å². The van der Waals surface area contributed by atoms with Crippen LogP contribution in [-0.4, -0.2) is 65.2 Å². The van der Waals surface area contributed by atoms with Gasteiger partial charge in [0.2, 0.25) is 0 Å². The number of carbonyl (C=O) groups excluding carboxylic acids is 1. The van der Waals surface area contributed by atoms with Crippen LogP contribution in [0.15, 0.2) is 0 Å². The second-order valence-electron chi connectivity index (χ2n) is 6.25. The molecule has 0 bridgehead atoms. The van der Waals surface area contributed by atoms with Gasteiger partial charge < -0.3 is 15.3 Å². The molecule has 1 aliphatic rings. The fraction of sp³-hybridized carbons (Fsp3) is 0.867. The molecule has 0 saturated carbocycles. The molecule has 0 radical (unpaired) electrons. The molecule has 0 aromatic heterocycles. The van der Waals surface area contributed by atoms with E-state index in [0.717, 1.165) is 19.5 Å². The lowest BCUT2D eigenvalue weighted by atomic mass is 10.0. The summed E-state index contributed by atoms with van der Waals surface area (Å²) in [5.74, 6) is -0.732. The minimum Gasteiger partial charge on any atom is -0.480 e. The maximum absolute atomic E-state index is 12.2. The molecule has 1 fully saturated rings. The van der Waals surface area contributed by atoms with Crippen LogP contribution in [0.2, 0.25) is 0 Å². The maximum atomic E-state index is 12.2. The van der Waals surface area contributed by atoms with Gasteiger partial charge in [0.1, 0.15) is 6.04 Å². The molecule has 1 rings (SSSR count). The van der Waals surface area contributed by atoms with Crippen molar-refractivity contribution in [3.8, 4) is 0 Å². The number of nitrogens with one attached hydrogen (secondary N) is 1. The quantitative estimate of drug-likeness (QED) is 0.781. The number of hydrogen-bond donors (Lipinski definition) is 2. The van der Waals surface area contributed by atoms with Crippen molar-refractivity contribution in [2.75, 3.05) is 26.2 Å². The van der Waals surface area contributed by atoms with Gasteiger partial charge in [0, 0.05) is 32.2 Å². The first-order valence-electron chi connectivity index (χ1n) is 7.87. The van der Waals surface area contributed by atoms with Gasteiger partial charge in [-0.3, -0.25) is 4.90 Å². The van der Waals surface area contributed by atoms with Crippen molar-refractivity contribution in [1.29, 1.82) is 0 Å². The van der Waals surface area contributed by atoms with E-state index < -0.39 is 12.0 Å². The van der Waals surface area contributed by atoms with Gasteiger partial charge in [0.05, 0.1) is 0 Å². The Labute approximate surface area is 127 Å². The number of amides is 2. The molecule has 2 unspecified atom stereocenters. The van der Waals surface area contributed by atoms with Crippen molar-refractivity contribution in [1.82, 2.24) is 15.1 Å². The highest BCUT2D eigenvalue weighted by molar-refractivity contribution is 5.82. The lowest BCUT2D eigenvalue weighted by Crippen LogP contribution is -2.56. The van der Waals surface area contributed by atoms with Crippen LogP contribution in [0.4, 0.5) is 4.79 Å². The normalized spacial score (nSPS) is 19.4. The van der Waals surface area contributed by atoms with E-state index in [1.54, 1.807) is 4.90 Å². The molecule has 122 valence electrons. The molecule has 2 amide bonds. The van der Waals surface area contributed by atoms with Crippen molar-refractivity contribution in [3.05, 3.63) is 0 Å². The largest absolute Gasteiger partial charge is 0.480 e. The lowest BCUT2D eigenvalue weighted by Gasteiger charge is -2.38. The monoisotopic (exact) mass is 299 g/mol. The summed E-state index contributed by atoms with van der Waals surface area (Å²) in [6.45, 7) is 11.3. The average molecular weight is 299 g/mol. The number of hydrogen-bond acceptors (Lipinski definition) is 3. The van der Waals surface area contributed by atoms with E-state index in [0.29, 0.717) is 25.6 Å². The number of carbonyl (C=O) groups is 2. The minimum absolute atomic E-state index is 0.230.